The standard InChI is InChI=1S/C36H34N4OS/c41-23-27-10-2-8-16-34(27)42-33-15-7-1-9-26(33)21-38-36-39-32-14-6-4-12-29(32)35(40-36)25-19-17-24(18-20-25)30-22-37-31-13-5-3-11-28(30)31/h1-16,22,24-25,30,41H,17-21,23H2,(H,38,39,40). The molecule has 7 rings (SSSR count). The molecule has 1 aliphatic carbocycles. The fourth-order valence-electron chi connectivity index (χ4n) is 6.52. The molecule has 0 bridgehead atoms. The number of aliphatic hydroxyl groups excluding tert-OH is 1. The number of para-hydroxylation sites is 2. The van der Waals surface area contributed by atoms with Crippen molar-refractivity contribution in [3.05, 3.63) is 119 Å². The number of anilines is 1. The Kier molecular flexibility index (Phi) is 7.73. The molecule has 2 N–H and O–H groups in total. The van der Waals surface area contributed by atoms with E-state index in [1.807, 2.05) is 18.2 Å². The van der Waals surface area contributed by atoms with Crippen molar-refractivity contribution in [1.29, 1.82) is 0 Å². The van der Waals surface area contributed by atoms with Gasteiger partial charge in [0.05, 0.1) is 23.5 Å². The Labute approximate surface area is 251 Å². The average molecular weight is 571 g/mol. The molecule has 5 aromatic rings. The van der Waals surface area contributed by atoms with Crippen molar-refractivity contribution in [3.63, 3.8) is 0 Å². The summed E-state index contributed by atoms with van der Waals surface area (Å²) in [5.74, 6) is 2.16. The normalized spacial score (nSPS) is 19.6. The highest BCUT2D eigenvalue weighted by Gasteiger charge is 2.32. The van der Waals surface area contributed by atoms with E-state index in [-0.39, 0.29) is 6.61 Å². The van der Waals surface area contributed by atoms with Gasteiger partial charge in [0.2, 0.25) is 5.95 Å². The number of hydrogen-bond donors (Lipinski definition) is 2. The largest absolute Gasteiger partial charge is 0.392 e. The SMILES string of the molecule is OCc1ccccc1Sc1ccccc1CNc1nc(C2CCC(C3C=Nc4ccccc43)CC2)c2ccccc2n1. The molecule has 0 amide bonds. The lowest BCUT2D eigenvalue weighted by Gasteiger charge is -2.32. The summed E-state index contributed by atoms with van der Waals surface area (Å²) in [6.07, 6.45) is 6.78. The predicted molar refractivity (Wildman–Crippen MR) is 172 cm³/mol. The van der Waals surface area contributed by atoms with Gasteiger partial charge in [-0.2, -0.15) is 0 Å². The second-order valence-corrected chi connectivity index (χ2v) is 12.3. The Hall–Kier alpha value is -4.00. The third-order valence-electron chi connectivity index (χ3n) is 8.74. The Bertz CT molecular complexity index is 1740. The number of aliphatic hydroxyl groups is 1. The van der Waals surface area contributed by atoms with Crippen LogP contribution in [0.3, 0.4) is 0 Å². The quantitative estimate of drug-likeness (QED) is 0.195. The number of benzene rings is 4. The Morgan fingerprint density at radius 1 is 0.738 bits per heavy atom. The topological polar surface area (TPSA) is 70.4 Å². The maximum Gasteiger partial charge on any atom is 0.223 e. The summed E-state index contributed by atoms with van der Waals surface area (Å²) in [7, 11) is 0. The molecule has 6 heteroatoms. The van der Waals surface area contributed by atoms with Crippen molar-refractivity contribution in [3.8, 4) is 0 Å². The number of fused-ring (bicyclic) bond motifs is 2. The van der Waals surface area contributed by atoms with Gasteiger partial charge in [0, 0.05) is 39.8 Å². The third kappa shape index (κ3) is 5.44. The zero-order valence-corrected chi connectivity index (χ0v) is 24.3. The van der Waals surface area contributed by atoms with E-state index in [1.165, 1.54) is 29.7 Å². The molecule has 0 spiro atoms. The number of nitrogens with zero attached hydrogens (tertiary/aromatic N) is 3. The zero-order valence-electron chi connectivity index (χ0n) is 23.5. The number of nitrogens with one attached hydrogen (secondary N) is 1. The first kappa shape index (κ1) is 26.9. The van der Waals surface area contributed by atoms with Crippen LogP contribution in [0.5, 0.6) is 0 Å². The second-order valence-electron chi connectivity index (χ2n) is 11.3. The van der Waals surface area contributed by atoms with Gasteiger partial charge in [-0.3, -0.25) is 4.99 Å². The molecule has 1 unspecified atom stereocenters. The van der Waals surface area contributed by atoms with Gasteiger partial charge in [-0.25, -0.2) is 9.97 Å². The third-order valence-corrected chi connectivity index (χ3v) is 9.98. The number of aromatic nitrogens is 2. The van der Waals surface area contributed by atoms with Crippen molar-refractivity contribution >= 4 is 40.5 Å². The number of hydrogen-bond acceptors (Lipinski definition) is 6. The summed E-state index contributed by atoms with van der Waals surface area (Å²) in [4.78, 5) is 17.0. The minimum atomic E-state index is 0.0285. The molecular weight excluding hydrogens is 536 g/mol. The molecule has 210 valence electrons. The molecule has 0 saturated heterocycles. The van der Waals surface area contributed by atoms with Crippen LogP contribution < -0.4 is 5.32 Å². The molecule has 1 fully saturated rings. The van der Waals surface area contributed by atoms with Crippen LogP contribution in [-0.4, -0.2) is 21.3 Å². The van der Waals surface area contributed by atoms with E-state index in [1.54, 1.807) is 11.8 Å². The summed E-state index contributed by atoms with van der Waals surface area (Å²) in [5.41, 5.74) is 6.79. The van der Waals surface area contributed by atoms with Crippen molar-refractivity contribution in [2.75, 3.05) is 5.32 Å². The van der Waals surface area contributed by atoms with Crippen LogP contribution in [0, 0.1) is 5.92 Å². The minimum Gasteiger partial charge on any atom is -0.392 e. The van der Waals surface area contributed by atoms with Crippen LogP contribution in [-0.2, 0) is 13.2 Å². The van der Waals surface area contributed by atoms with E-state index >= 15 is 0 Å². The molecule has 1 aliphatic heterocycles. The van der Waals surface area contributed by atoms with Crippen LogP contribution in [0.15, 0.2) is 112 Å². The first-order valence-electron chi connectivity index (χ1n) is 14.8. The lowest BCUT2D eigenvalue weighted by Crippen LogP contribution is -2.20. The molecule has 1 saturated carbocycles. The van der Waals surface area contributed by atoms with Gasteiger partial charge in [0.25, 0.3) is 0 Å². The van der Waals surface area contributed by atoms with Gasteiger partial charge in [-0.05, 0) is 72.6 Å². The Morgan fingerprint density at radius 3 is 2.26 bits per heavy atom. The zero-order chi connectivity index (χ0) is 28.3. The van der Waals surface area contributed by atoms with Crippen LogP contribution in [0.2, 0.25) is 0 Å². The average Bonchev–Trinajstić information content (AvgIpc) is 3.49. The van der Waals surface area contributed by atoms with Gasteiger partial charge >= 0.3 is 0 Å². The van der Waals surface area contributed by atoms with E-state index in [0.29, 0.717) is 30.2 Å². The number of rotatable bonds is 8. The van der Waals surface area contributed by atoms with E-state index < -0.39 is 0 Å². The smallest absolute Gasteiger partial charge is 0.223 e. The predicted octanol–water partition coefficient (Wildman–Crippen LogP) is 8.66. The highest BCUT2D eigenvalue weighted by Crippen LogP contribution is 2.46. The summed E-state index contributed by atoms with van der Waals surface area (Å²) >= 11 is 1.69. The summed E-state index contributed by atoms with van der Waals surface area (Å²) < 4.78 is 0. The highest BCUT2D eigenvalue weighted by atomic mass is 32.2. The summed E-state index contributed by atoms with van der Waals surface area (Å²) in [6, 6.07) is 33.4. The van der Waals surface area contributed by atoms with E-state index in [4.69, 9.17) is 15.0 Å². The molecule has 0 radical (unpaired) electrons. The van der Waals surface area contributed by atoms with Gasteiger partial charge in [0.1, 0.15) is 0 Å². The Balaban J connectivity index is 1.09. The molecule has 2 heterocycles. The maximum absolute atomic E-state index is 9.80. The van der Waals surface area contributed by atoms with Gasteiger partial charge in [0.15, 0.2) is 0 Å². The second kappa shape index (κ2) is 12.1. The first-order chi connectivity index (χ1) is 20.8. The van der Waals surface area contributed by atoms with Crippen LogP contribution in [0.4, 0.5) is 11.6 Å². The van der Waals surface area contributed by atoms with E-state index in [9.17, 15) is 5.11 Å². The lowest BCUT2D eigenvalue weighted by atomic mass is 9.73. The maximum atomic E-state index is 9.80. The van der Waals surface area contributed by atoms with Gasteiger partial charge in [-0.15, -0.1) is 0 Å². The van der Waals surface area contributed by atoms with Crippen molar-refractivity contribution in [2.24, 2.45) is 10.9 Å². The fraction of sp³-hybridized carbons (Fsp3) is 0.250. The molecule has 1 atom stereocenters. The van der Waals surface area contributed by atoms with Crippen LogP contribution in [0.1, 0.15) is 59.9 Å². The summed E-state index contributed by atoms with van der Waals surface area (Å²) in [5, 5.41) is 14.5. The monoisotopic (exact) mass is 570 g/mol. The van der Waals surface area contributed by atoms with Crippen molar-refractivity contribution < 1.29 is 5.11 Å². The van der Waals surface area contributed by atoms with Gasteiger partial charge in [-0.1, -0.05) is 84.6 Å². The van der Waals surface area contributed by atoms with E-state index in [0.717, 1.165) is 44.8 Å². The number of aliphatic imine (C=N–C) groups is 1. The van der Waals surface area contributed by atoms with Crippen LogP contribution in [0.25, 0.3) is 10.9 Å². The molecule has 5 nitrogen and oxygen atoms in total. The molecule has 4 aromatic carbocycles. The lowest BCUT2D eigenvalue weighted by molar-refractivity contribution is 0.279. The van der Waals surface area contributed by atoms with E-state index in [2.05, 4.69) is 90.4 Å². The first-order valence-corrected chi connectivity index (χ1v) is 15.7. The Morgan fingerprint density at radius 2 is 1.43 bits per heavy atom. The fourth-order valence-corrected chi connectivity index (χ4v) is 7.59. The molecule has 42 heavy (non-hydrogen) atoms. The van der Waals surface area contributed by atoms with Gasteiger partial charge < -0.3 is 10.4 Å². The molecular formula is C36H34N4OS. The van der Waals surface area contributed by atoms with Crippen molar-refractivity contribution in [1.82, 2.24) is 9.97 Å². The van der Waals surface area contributed by atoms with Crippen LogP contribution >= 0.6 is 11.8 Å². The van der Waals surface area contributed by atoms with Crippen molar-refractivity contribution in [2.45, 2.75) is 60.5 Å². The molecule has 2 aliphatic rings. The molecule has 1 aromatic heterocycles. The summed E-state index contributed by atoms with van der Waals surface area (Å²) in [6.45, 7) is 0.649. The minimum absolute atomic E-state index is 0.0285. The highest BCUT2D eigenvalue weighted by molar-refractivity contribution is 7.99.